The van der Waals surface area contributed by atoms with Crippen LogP contribution in [0.3, 0.4) is 0 Å². The summed E-state index contributed by atoms with van der Waals surface area (Å²) in [4.78, 5) is 37.3. The summed E-state index contributed by atoms with van der Waals surface area (Å²) in [6.07, 6.45) is 25.5. The van der Waals surface area contributed by atoms with Gasteiger partial charge in [-0.25, -0.2) is 9.97 Å². The number of hydrogen-bond acceptors (Lipinski definition) is 10. The molecule has 4 N–H and O–H groups in total. The molecule has 11 nitrogen and oxygen atoms in total. The lowest BCUT2D eigenvalue weighted by molar-refractivity contribution is -0.159. The average molecular weight is 647 g/mol. The summed E-state index contributed by atoms with van der Waals surface area (Å²) >= 11 is 0. The highest BCUT2D eigenvalue weighted by Gasteiger charge is 2.23. The van der Waals surface area contributed by atoms with Crippen molar-refractivity contribution in [2.75, 3.05) is 18.9 Å². The van der Waals surface area contributed by atoms with E-state index >= 15 is 0 Å². The van der Waals surface area contributed by atoms with Gasteiger partial charge in [0.05, 0.1) is 12.5 Å². The third kappa shape index (κ3) is 16.7. The second kappa shape index (κ2) is 24.4. The zero-order valence-electron chi connectivity index (χ0n) is 28.9. The molecule has 0 bridgehead atoms. The molecule has 2 aromatic heterocycles. The standard InChI is InChI=1S/C35H62N6O5/c1-4-6-7-8-9-10-11-12-13-14-15-16-17-18-19-20-21-22-31(42)44-24-29(25-45-34(43)32(36)28(3)5-2)46-27-41-26-39-30-23-38-35(37)40-33(30)41/h23,26,28-29,32H,4-22,24-25,27,36H2,1-3H3,(H2,37,38,40)/t28-,29?,32-/m0/s1. The van der Waals surface area contributed by atoms with Crippen molar-refractivity contribution < 1.29 is 23.8 Å². The SMILES string of the molecule is CCCCCCCCCCCCCCCCCCCC(=O)OCC(COC(=O)[C@@H](N)[C@@H](C)CC)OCn1cnc2cnc(N)nc21. The van der Waals surface area contributed by atoms with Crippen LogP contribution in [0.1, 0.15) is 143 Å². The number of carbonyl (C=O) groups is 2. The Bertz CT molecular complexity index is 1100. The van der Waals surface area contributed by atoms with Gasteiger partial charge >= 0.3 is 11.9 Å². The minimum atomic E-state index is -0.731. The van der Waals surface area contributed by atoms with Crippen LogP contribution in [-0.2, 0) is 30.5 Å². The lowest BCUT2D eigenvalue weighted by atomic mass is 10.0. The van der Waals surface area contributed by atoms with E-state index in [9.17, 15) is 9.59 Å². The summed E-state index contributed by atoms with van der Waals surface area (Å²) in [5, 5.41) is 0. The van der Waals surface area contributed by atoms with Crippen LogP contribution in [0.2, 0.25) is 0 Å². The van der Waals surface area contributed by atoms with Gasteiger partial charge in [-0.05, 0) is 12.3 Å². The molecule has 0 amide bonds. The molecule has 1 unspecified atom stereocenters. The zero-order valence-corrected chi connectivity index (χ0v) is 28.9. The van der Waals surface area contributed by atoms with Crippen molar-refractivity contribution in [2.24, 2.45) is 11.7 Å². The molecule has 0 aliphatic heterocycles. The summed E-state index contributed by atoms with van der Waals surface area (Å²) in [6.45, 7) is 6.04. The van der Waals surface area contributed by atoms with Gasteiger partial charge in [0, 0.05) is 6.42 Å². The van der Waals surface area contributed by atoms with Crippen molar-refractivity contribution in [2.45, 2.75) is 162 Å². The molecule has 0 radical (unpaired) electrons. The van der Waals surface area contributed by atoms with Crippen molar-refractivity contribution in [3.8, 4) is 0 Å². The highest BCUT2D eigenvalue weighted by molar-refractivity contribution is 5.75. The Morgan fingerprint density at radius 1 is 0.804 bits per heavy atom. The molecular weight excluding hydrogens is 584 g/mol. The van der Waals surface area contributed by atoms with Crippen LogP contribution in [0, 0.1) is 5.92 Å². The summed E-state index contributed by atoms with van der Waals surface area (Å²) in [5.74, 6) is -0.689. The number of nitrogen functional groups attached to an aromatic ring is 1. The molecule has 46 heavy (non-hydrogen) atoms. The lowest BCUT2D eigenvalue weighted by Gasteiger charge is -2.21. The van der Waals surface area contributed by atoms with Crippen LogP contribution in [-0.4, -0.2) is 56.8 Å². The van der Waals surface area contributed by atoms with Gasteiger partial charge in [-0.3, -0.25) is 14.2 Å². The first-order valence-electron chi connectivity index (χ1n) is 18.0. The van der Waals surface area contributed by atoms with E-state index in [-0.39, 0.29) is 37.8 Å². The van der Waals surface area contributed by atoms with E-state index in [2.05, 4.69) is 21.9 Å². The van der Waals surface area contributed by atoms with Crippen molar-refractivity contribution >= 4 is 29.1 Å². The second-order valence-electron chi connectivity index (χ2n) is 12.7. The maximum atomic E-state index is 12.5. The third-order valence-electron chi connectivity index (χ3n) is 8.68. The van der Waals surface area contributed by atoms with Gasteiger partial charge in [-0.15, -0.1) is 0 Å². The van der Waals surface area contributed by atoms with Crippen LogP contribution in [0.5, 0.6) is 0 Å². The minimum Gasteiger partial charge on any atom is -0.463 e. The van der Waals surface area contributed by atoms with E-state index in [0.29, 0.717) is 17.6 Å². The van der Waals surface area contributed by atoms with Crippen molar-refractivity contribution in [3.05, 3.63) is 12.5 Å². The van der Waals surface area contributed by atoms with Crippen molar-refractivity contribution in [3.63, 3.8) is 0 Å². The fourth-order valence-corrected chi connectivity index (χ4v) is 5.30. The van der Waals surface area contributed by atoms with Crippen LogP contribution < -0.4 is 11.5 Å². The first-order chi connectivity index (χ1) is 22.3. The number of fused-ring (bicyclic) bond motifs is 1. The number of esters is 2. The number of aromatic nitrogens is 4. The molecule has 2 rings (SSSR count). The molecule has 0 fully saturated rings. The number of anilines is 1. The predicted octanol–water partition coefficient (Wildman–Crippen LogP) is 7.25. The lowest BCUT2D eigenvalue weighted by Crippen LogP contribution is -2.40. The smallest absolute Gasteiger partial charge is 0.323 e. The number of ether oxygens (including phenoxy) is 3. The maximum Gasteiger partial charge on any atom is 0.323 e. The molecule has 2 heterocycles. The number of nitrogens with two attached hydrogens (primary N) is 2. The molecule has 2 aromatic rings. The molecular formula is C35H62N6O5. The summed E-state index contributed by atoms with van der Waals surface area (Å²) < 4.78 is 18.6. The third-order valence-corrected chi connectivity index (χ3v) is 8.68. The van der Waals surface area contributed by atoms with Crippen LogP contribution in [0.4, 0.5) is 5.95 Å². The van der Waals surface area contributed by atoms with Gasteiger partial charge in [-0.1, -0.05) is 130 Å². The first-order valence-corrected chi connectivity index (χ1v) is 18.0. The summed E-state index contributed by atoms with van der Waals surface area (Å²) in [6, 6.07) is -0.731. The molecule has 0 aromatic carbocycles. The highest BCUT2D eigenvalue weighted by atomic mass is 16.6. The molecule has 0 spiro atoms. The summed E-state index contributed by atoms with van der Waals surface area (Å²) in [5.41, 5.74) is 12.8. The predicted molar refractivity (Wildman–Crippen MR) is 183 cm³/mol. The van der Waals surface area contributed by atoms with Gasteiger partial charge in [0.25, 0.3) is 0 Å². The Kier molecular flexibility index (Phi) is 20.9. The Labute approximate surface area is 276 Å². The van der Waals surface area contributed by atoms with Gasteiger partial charge < -0.3 is 25.7 Å². The van der Waals surface area contributed by atoms with E-state index in [1.165, 1.54) is 96.1 Å². The van der Waals surface area contributed by atoms with Gasteiger partial charge in [0.1, 0.15) is 37.6 Å². The van der Waals surface area contributed by atoms with Gasteiger partial charge in [-0.2, -0.15) is 4.98 Å². The molecule has 0 aliphatic rings. The Hall–Kier alpha value is -2.79. The van der Waals surface area contributed by atoms with E-state index in [0.717, 1.165) is 25.7 Å². The van der Waals surface area contributed by atoms with Crippen molar-refractivity contribution in [1.82, 2.24) is 19.5 Å². The number of hydrogen-bond donors (Lipinski definition) is 2. The molecule has 0 aliphatic carbocycles. The first kappa shape index (κ1) is 39.4. The van der Waals surface area contributed by atoms with Crippen LogP contribution in [0.15, 0.2) is 12.5 Å². The van der Waals surface area contributed by atoms with E-state index in [1.54, 1.807) is 10.9 Å². The topological polar surface area (TPSA) is 157 Å². The quantitative estimate of drug-likeness (QED) is 0.0712. The molecule has 11 heteroatoms. The molecule has 262 valence electrons. The number of carbonyl (C=O) groups excluding carboxylic acids is 2. The van der Waals surface area contributed by atoms with Gasteiger partial charge in [0.15, 0.2) is 5.65 Å². The Morgan fingerprint density at radius 2 is 1.35 bits per heavy atom. The summed E-state index contributed by atoms with van der Waals surface area (Å²) in [7, 11) is 0. The second-order valence-corrected chi connectivity index (χ2v) is 12.7. The van der Waals surface area contributed by atoms with E-state index in [1.807, 2.05) is 13.8 Å². The van der Waals surface area contributed by atoms with Crippen molar-refractivity contribution in [1.29, 1.82) is 0 Å². The Balaban J connectivity index is 1.61. The molecule has 0 saturated heterocycles. The zero-order chi connectivity index (χ0) is 33.4. The number of nitrogens with zero attached hydrogens (tertiary/aromatic N) is 4. The average Bonchev–Trinajstić information content (AvgIpc) is 3.46. The molecule has 3 atom stereocenters. The normalized spacial score (nSPS) is 13.5. The Morgan fingerprint density at radius 3 is 1.91 bits per heavy atom. The monoisotopic (exact) mass is 646 g/mol. The van der Waals surface area contributed by atoms with Gasteiger partial charge in [0.2, 0.25) is 5.95 Å². The number of imidazole rings is 1. The fraction of sp³-hybridized carbons (Fsp3) is 0.800. The largest absolute Gasteiger partial charge is 0.463 e. The van der Waals surface area contributed by atoms with E-state index in [4.69, 9.17) is 25.7 Å². The van der Waals surface area contributed by atoms with Crippen LogP contribution >= 0.6 is 0 Å². The number of rotatable bonds is 28. The minimum absolute atomic E-state index is 0.0170. The number of unbranched alkanes of at least 4 members (excludes halogenated alkanes) is 16. The molecule has 0 saturated carbocycles. The maximum absolute atomic E-state index is 12.5. The van der Waals surface area contributed by atoms with Crippen LogP contribution in [0.25, 0.3) is 11.2 Å². The highest BCUT2D eigenvalue weighted by Crippen LogP contribution is 2.15. The fourth-order valence-electron chi connectivity index (χ4n) is 5.30. The van der Waals surface area contributed by atoms with E-state index < -0.39 is 18.1 Å².